The molecule has 3 aliphatic carbocycles. The Labute approximate surface area is 457 Å². The molecule has 0 spiro atoms. The normalized spacial score (nSPS) is 29.0. The van der Waals surface area contributed by atoms with E-state index in [9.17, 15) is 33.9 Å². The number of alkyl carbamates (subject to hydrolysis) is 1. The van der Waals surface area contributed by atoms with Gasteiger partial charge < -0.3 is 53.1 Å². The topological polar surface area (TPSA) is 235 Å². The number of ether oxygens (including phenoxy) is 9. The minimum atomic E-state index is -4.64. The molecule has 1 saturated heterocycles. The predicted octanol–water partition coefficient (Wildman–Crippen LogP) is 9.66. The molecule has 1 amide bonds. The second kappa shape index (κ2) is 21.5. The average Bonchev–Trinajstić information content (AvgIpc) is 3.81. The number of benzene rings is 1. The van der Waals surface area contributed by atoms with E-state index in [4.69, 9.17) is 112 Å². The van der Waals surface area contributed by atoms with Crippen LogP contribution in [0.3, 0.4) is 0 Å². The molecule has 10 atom stereocenters. The number of fused-ring (bicyclic) bond motifs is 5. The number of hydrogen-bond acceptors (Lipinski definition) is 18. The summed E-state index contributed by atoms with van der Waals surface area (Å²) in [5, 5.41) is 17.4. The first-order valence-corrected chi connectivity index (χ1v) is 25.6. The summed E-state index contributed by atoms with van der Waals surface area (Å²) < 4.78 is 80.7. The molecule has 2 heterocycles. The fourth-order valence-corrected chi connectivity index (χ4v) is 11.3. The Kier molecular flexibility index (Phi) is 17.2. The SMILES string of the molecule is CC(=O)O[C@@]12CO[C@@H]1C[C@H](OC(=O)OCC(Cl)(Cl)Cl)[C@@]1(C)C(=O)[C@H](OC(=O)OCC(Cl)(Cl)Cl)C3=C(C)[C@@H](OC(=O)C(F)(F)C(NC(=O)OC(C)(C)C)c4cccs4)C[C@@](O)([C@@H](OC(=O)c4ccccc4)[C@H]21)C3(C)C. The number of thiophene rings is 1. The van der Waals surface area contributed by atoms with E-state index in [-0.39, 0.29) is 16.0 Å². The minimum Gasteiger partial charge on any atom is -0.455 e. The number of esters is 3. The van der Waals surface area contributed by atoms with Crippen LogP contribution in [0.1, 0.15) is 89.5 Å². The Bertz CT molecular complexity index is 2540. The molecule has 2 bridgehead atoms. The van der Waals surface area contributed by atoms with E-state index in [0.717, 1.165) is 18.3 Å². The maximum absolute atomic E-state index is 16.9. The second-order valence-electron chi connectivity index (χ2n) is 19.8. The van der Waals surface area contributed by atoms with Crippen LogP contribution in [0, 0.1) is 16.7 Å². The van der Waals surface area contributed by atoms with Crippen molar-refractivity contribution in [2.75, 3.05) is 19.8 Å². The molecule has 4 aliphatic rings. The third-order valence-electron chi connectivity index (χ3n) is 13.4. The van der Waals surface area contributed by atoms with Crippen LogP contribution in [0.15, 0.2) is 59.0 Å². The van der Waals surface area contributed by atoms with Gasteiger partial charge in [0.2, 0.25) is 7.59 Å². The van der Waals surface area contributed by atoms with Gasteiger partial charge in [-0.1, -0.05) is 108 Å². The Morgan fingerprint density at radius 2 is 1.47 bits per heavy atom. The molecular weight excluding hydrogens is 1130 g/mol. The summed E-state index contributed by atoms with van der Waals surface area (Å²) in [5.74, 6) is -12.2. The van der Waals surface area contributed by atoms with E-state index in [1.165, 1.54) is 90.2 Å². The zero-order chi connectivity index (χ0) is 55.4. The Morgan fingerprint density at radius 3 is 1.99 bits per heavy atom. The van der Waals surface area contributed by atoms with Crippen molar-refractivity contribution in [1.82, 2.24) is 5.32 Å². The number of carbonyl (C=O) groups is 7. The third kappa shape index (κ3) is 12.1. The molecule has 2 saturated carbocycles. The maximum Gasteiger partial charge on any atom is 0.509 e. The molecule has 27 heteroatoms. The minimum absolute atomic E-state index is 0.119. The van der Waals surface area contributed by atoms with E-state index in [2.05, 4.69) is 0 Å². The molecule has 1 aliphatic heterocycles. The van der Waals surface area contributed by atoms with Crippen molar-refractivity contribution < 1.29 is 90.1 Å². The van der Waals surface area contributed by atoms with Crippen molar-refractivity contribution in [3.05, 3.63) is 69.4 Å². The highest BCUT2D eigenvalue weighted by Gasteiger charge is 2.79. The van der Waals surface area contributed by atoms with Crippen LogP contribution in [-0.4, -0.2) is 128 Å². The molecule has 3 fully saturated rings. The number of amides is 1. The van der Waals surface area contributed by atoms with Gasteiger partial charge in [0.05, 0.1) is 23.5 Å². The molecule has 1 unspecified atom stereocenters. The van der Waals surface area contributed by atoms with Gasteiger partial charge >= 0.3 is 42.2 Å². The number of carbonyl (C=O) groups excluding carboxylic acids is 7. The Balaban J connectivity index is 1.62. The number of halogens is 8. The summed E-state index contributed by atoms with van der Waals surface area (Å²) in [4.78, 5) is 98.6. The molecule has 74 heavy (non-hydrogen) atoms. The smallest absolute Gasteiger partial charge is 0.455 e. The molecule has 18 nitrogen and oxygen atoms in total. The summed E-state index contributed by atoms with van der Waals surface area (Å²) in [6.07, 6.45) is -15.8. The lowest BCUT2D eigenvalue weighted by atomic mass is 9.44. The van der Waals surface area contributed by atoms with Crippen LogP contribution in [0.5, 0.6) is 0 Å². The second-order valence-corrected chi connectivity index (χ2v) is 25.8. The van der Waals surface area contributed by atoms with Gasteiger partial charge in [0.15, 0.2) is 17.5 Å². The van der Waals surface area contributed by atoms with Crippen molar-refractivity contribution in [2.45, 2.75) is 135 Å². The fourth-order valence-electron chi connectivity index (χ4n) is 10.1. The molecule has 6 rings (SSSR count). The first kappa shape index (κ1) is 59.3. The summed E-state index contributed by atoms with van der Waals surface area (Å²) >= 11 is 36.0. The fraction of sp³-hybridized carbons (Fsp3) is 0.596. The first-order valence-electron chi connectivity index (χ1n) is 22.5. The van der Waals surface area contributed by atoms with Crippen LogP contribution in [0.25, 0.3) is 0 Å². The lowest BCUT2D eigenvalue weighted by molar-refractivity contribution is -0.346. The van der Waals surface area contributed by atoms with E-state index < -0.39 is 164 Å². The van der Waals surface area contributed by atoms with E-state index >= 15 is 13.6 Å². The summed E-state index contributed by atoms with van der Waals surface area (Å²) in [6.45, 7) is 8.13. The summed E-state index contributed by atoms with van der Waals surface area (Å²) in [6, 6.07) is 7.45. The molecule has 2 N–H and O–H groups in total. The number of aliphatic hydroxyl groups is 1. The highest BCUT2D eigenvalue weighted by Crippen LogP contribution is 2.65. The van der Waals surface area contributed by atoms with Crippen molar-refractivity contribution in [2.24, 2.45) is 16.7 Å². The number of rotatable bonds is 12. The monoisotopic (exact) mass is 1180 g/mol. The number of nitrogens with one attached hydrogen (secondary N) is 1. The molecule has 1 aromatic carbocycles. The largest absolute Gasteiger partial charge is 0.509 e. The molecule has 1 aromatic heterocycles. The standard InChI is InChI=1S/C47H51Cl6F2NO17S/c1-22-25(68-36(60)47(54,55)32(26-15-12-16-74-26)56-37(61)73-40(3,4)5)18-44(64)34(71-35(59)24-13-10-9-11-14-24)31-42(8,33(58)30(29(22)41(44,6)7)70-39(63)67-21-46(51,52)53)27(69-38(62)66-20-45(48,49)50)17-28-43(31,19-65-28)72-23(2)57/h9-16,25,27-28,30-32,34,64H,17-21H2,1-8H3,(H,56,61)/t25-,27-,28+,30+,31-,32?,34-,42+,43-,44+/m0/s1. The quantitative estimate of drug-likeness (QED) is 0.0871. The lowest BCUT2D eigenvalue weighted by Crippen LogP contribution is -2.82. The lowest BCUT2D eigenvalue weighted by Gasteiger charge is -2.67. The van der Waals surface area contributed by atoms with Crippen LogP contribution in [0.4, 0.5) is 23.2 Å². The van der Waals surface area contributed by atoms with Gasteiger partial charge in [-0.25, -0.2) is 24.0 Å². The zero-order valence-electron chi connectivity index (χ0n) is 40.6. The van der Waals surface area contributed by atoms with Gasteiger partial charge in [-0.15, -0.1) is 11.3 Å². The predicted molar refractivity (Wildman–Crippen MR) is 261 cm³/mol. The third-order valence-corrected chi connectivity index (χ3v) is 15.0. The average molecular weight is 1180 g/mol. The van der Waals surface area contributed by atoms with Gasteiger partial charge in [0.25, 0.3) is 0 Å². The van der Waals surface area contributed by atoms with Gasteiger partial charge in [-0.2, -0.15) is 8.78 Å². The van der Waals surface area contributed by atoms with Gasteiger partial charge in [-0.05, 0) is 69.3 Å². The van der Waals surface area contributed by atoms with Gasteiger partial charge in [0.1, 0.15) is 54.9 Å². The van der Waals surface area contributed by atoms with E-state index in [0.29, 0.717) is 0 Å². The molecule has 2 aromatic rings. The van der Waals surface area contributed by atoms with Crippen molar-refractivity contribution in [3.63, 3.8) is 0 Å². The summed E-state index contributed by atoms with van der Waals surface area (Å²) in [5.41, 5.74) is -11.5. The van der Waals surface area contributed by atoms with E-state index in [1.54, 1.807) is 6.07 Å². The highest BCUT2D eigenvalue weighted by atomic mass is 35.6. The Morgan fingerprint density at radius 1 is 0.878 bits per heavy atom. The zero-order valence-corrected chi connectivity index (χ0v) is 46.0. The molecular formula is C47H51Cl6F2NO17S. The maximum atomic E-state index is 16.9. The molecule has 408 valence electrons. The van der Waals surface area contributed by atoms with Crippen LogP contribution >= 0.6 is 80.9 Å². The van der Waals surface area contributed by atoms with E-state index in [1.807, 2.05) is 5.32 Å². The van der Waals surface area contributed by atoms with Gasteiger partial charge in [0, 0.05) is 30.1 Å². The number of alkyl halides is 8. The number of Topliss-reactive ketones (excluding diaryl/α,β-unsaturated/α-hetero) is 1. The van der Waals surface area contributed by atoms with Crippen LogP contribution < -0.4 is 5.32 Å². The van der Waals surface area contributed by atoms with Crippen molar-refractivity contribution in [1.29, 1.82) is 0 Å². The van der Waals surface area contributed by atoms with Crippen LogP contribution in [-0.2, 0) is 57.0 Å². The first-order chi connectivity index (χ1) is 34.0. The molecule has 0 radical (unpaired) electrons. The number of ketones is 1. The Hall–Kier alpha value is -3.93. The van der Waals surface area contributed by atoms with Crippen molar-refractivity contribution in [3.8, 4) is 0 Å². The summed E-state index contributed by atoms with van der Waals surface area (Å²) in [7, 11) is 0. The van der Waals surface area contributed by atoms with Crippen LogP contribution in [0.2, 0.25) is 0 Å². The van der Waals surface area contributed by atoms with Crippen molar-refractivity contribution >= 4 is 123 Å². The number of hydrogen-bond donors (Lipinski definition) is 2. The van der Waals surface area contributed by atoms with Gasteiger partial charge in [-0.3, -0.25) is 9.59 Å². The highest BCUT2D eigenvalue weighted by molar-refractivity contribution is 7.10.